The minimum Gasteiger partial charge on any atom is -0.493 e. The van der Waals surface area contributed by atoms with Crippen molar-refractivity contribution >= 4 is 11.0 Å². The average molecular weight is 336 g/mol. The molecule has 0 spiro atoms. The van der Waals surface area contributed by atoms with E-state index in [1.807, 2.05) is 20.8 Å². The molecule has 2 aromatic rings. The average Bonchev–Trinajstić information content (AvgIpc) is 2.54. The number of rotatable bonds is 7. The summed E-state index contributed by atoms with van der Waals surface area (Å²) < 4.78 is 21.8. The van der Waals surface area contributed by atoms with Crippen LogP contribution in [0.15, 0.2) is 27.4 Å². The third kappa shape index (κ3) is 3.55. The lowest BCUT2D eigenvalue weighted by Crippen LogP contribution is -2.40. The van der Waals surface area contributed by atoms with E-state index in [4.69, 9.17) is 18.6 Å². The zero-order valence-electron chi connectivity index (χ0n) is 14.7. The van der Waals surface area contributed by atoms with Crippen LogP contribution in [0.4, 0.5) is 0 Å². The van der Waals surface area contributed by atoms with Gasteiger partial charge in [0.25, 0.3) is 0 Å². The molecule has 6 heteroatoms. The van der Waals surface area contributed by atoms with Crippen LogP contribution >= 0.6 is 0 Å². The molecule has 0 aliphatic rings. The summed E-state index contributed by atoms with van der Waals surface area (Å²) >= 11 is 0. The zero-order valence-corrected chi connectivity index (χ0v) is 14.7. The van der Waals surface area contributed by atoms with Gasteiger partial charge in [0, 0.05) is 30.0 Å². The van der Waals surface area contributed by atoms with E-state index in [1.165, 1.54) is 20.3 Å². The molecule has 0 aliphatic carbocycles. The minimum atomic E-state index is -0.827. The molecule has 0 bridgehead atoms. The standard InChI is InChI=1S/C18H24O6/c1-6-23-18(2,3)14(19)10-12-16-11(7-8-15(20)24-16)9-13(21-4)17(12)22-5/h7-9,14,19H,6,10H2,1-5H3/t14-/m0/s1. The molecule has 0 saturated heterocycles. The summed E-state index contributed by atoms with van der Waals surface area (Å²) in [7, 11) is 3.04. The van der Waals surface area contributed by atoms with Gasteiger partial charge in [0.2, 0.25) is 0 Å². The molecule has 2 rings (SSSR count). The van der Waals surface area contributed by atoms with Crippen LogP contribution in [0, 0.1) is 0 Å². The molecule has 1 heterocycles. The van der Waals surface area contributed by atoms with E-state index in [0.717, 1.165) is 0 Å². The van der Waals surface area contributed by atoms with E-state index in [9.17, 15) is 9.90 Å². The lowest BCUT2D eigenvalue weighted by Gasteiger charge is -2.31. The van der Waals surface area contributed by atoms with E-state index in [0.29, 0.717) is 34.6 Å². The third-order valence-corrected chi connectivity index (χ3v) is 4.06. The van der Waals surface area contributed by atoms with Crippen molar-refractivity contribution in [2.24, 2.45) is 0 Å². The summed E-state index contributed by atoms with van der Waals surface area (Å²) in [4.78, 5) is 11.6. The molecular formula is C18H24O6. The second-order valence-corrected chi connectivity index (χ2v) is 6.02. The maximum atomic E-state index is 11.6. The first-order chi connectivity index (χ1) is 11.3. The molecule has 1 aromatic heterocycles. The Balaban J connectivity index is 2.61. The van der Waals surface area contributed by atoms with E-state index in [2.05, 4.69) is 0 Å². The van der Waals surface area contributed by atoms with Crippen molar-refractivity contribution in [3.05, 3.63) is 34.2 Å². The number of aliphatic hydroxyl groups excluding tert-OH is 1. The van der Waals surface area contributed by atoms with Crippen molar-refractivity contribution in [2.75, 3.05) is 20.8 Å². The van der Waals surface area contributed by atoms with Crippen LogP contribution in [-0.4, -0.2) is 37.6 Å². The number of ether oxygens (including phenoxy) is 3. The molecule has 1 atom stereocenters. The predicted molar refractivity (Wildman–Crippen MR) is 91.0 cm³/mol. The van der Waals surface area contributed by atoms with Gasteiger partial charge in [-0.25, -0.2) is 4.79 Å². The van der Waals surface area contributed by atoms with Crippen molar-refractivity contribution in [1.82, 2.24) is 0 Å². The summed E-state index contributed by atoms with van der Waals surface area (Å²) in [5, 5.41) is 11.3. The van der Waals surface area contributed by atoms with Crippen LogP contribution in [-0.2, 0) is 11.2 Å². The van der Waals surface area contributed by atoms with Gasteiger partial charge in [-0.15, -0.1) is 0 Å². The van der Waals surface area contributed by atoms with Crippen LogP contribution in [0.3, 0.4) is 0 Å². The van der Waals surface area contributed by atoms with E-state index < -0.39 is 17.3 Å². The highest BCUT2D eigenvalue weighted by molar-refractivity contribution is 5.85. The number of benzene rings is 1. The van der Waals surface area contributed by atoms with Crippen LogP contribution in [0.1, 0.15) is 26.3 Å². The Kier molecular flexibility index (Phi) is 5.51. The molecule has 1 N–H and O–H groups in total. The summed E-state index contributed by atoms with van der Waals surface area (Å²) in [6.07, 6.45) is -0.635. The van der Waals surface area contributed by atoms with Gasteiger partial charge in [-0.2, -0.15) is 0 Å². The Morgan fingerprint density at radius 1 is 1.25 bits per heavy atom. The van der Waals surface area contributed by atoms with Crippen LogP contribution < -0.4 is 15.1 Å². The fourth-order valence-electron chi connectivity index (χ4n) is 2.70. The molecular weight excluding hydrogens is 312 g/mol. The van der Waals surface area contributed by atoms with Gasteiger partial charge in [-0.05, 0) is 32.9 Å². The van der Waals surface area contributed by atoms with Gasteiger partial charge in [-0.3, -0.25) is 0 Å². The van der Waals surface area contributed by atoms with Crippen LogP contribution in [0.25, 0.3) is 11.0 Å². The van der Waals surface area contributed by atoms with Gasteiger partial charge in [0.1, 0.15) is 5.58 Å². The normalized spacial score (nSPS) is 13.1. The van der Waals surface area contributed by atoms with Crippen molar-refractivity contribution < 1.29 is 23.7 Å². The smallest absolute Gasteiger partial charge is 0.336 e. The highest BCUT2D eigenvalue weighted by Gasteiger charge is 2.31. The zero-order chi connectivity index (χ0) is 17.9. The summed E-state index contributed by atoms with van der Waals surface area (Å²) in [5.74, 6) is 0.945. The minimum absolute atomic E-state index is 0.191. The molecule has 0 radical (unpaired) electrons. The predicted octanol–water partition coefficient (Wildman–Crippen LogP) is 2.53. The van der Waals surface area contributed by atoms with Gasteiger partial charge in [0.05, 0.1) is 25.9 Å². The summed E-state index contributed by atoms with van der Waals surface area (Å²) in [5.41, 5.74) is -0.268. The first-order valence-electron chi connectivity index (χ1n) is 7.83. The highest BCUT2D eigenvalue weighted by Crippen LogP contribution is 2.38. The van der Waals surface area contributed by atoms with Crippen molar-refractivity contribution in [3.63, 3.8) is 0 Å². The first kappa shape index (κ1) is 18.3. The van der Waals surface area contributed by atoms with Crippen molar-refractivity contribution in [3.8, 4) is 11.5 Å². The molecule has 0 unspecified atom stereocenters. The number of hydrogen-bond acceptors (Lipinski definition) is 6. The van der Waals surface area contributed by atoms with Gasteiger partial charge in [0.15, 0.2) is 11.5 Å². The van der Waals surface area contributed by atoms with E-state index >= 15 is 0 Å². The molecule has 24 heavy (non-hydrogen) atoms. The molecule has 0 fully saturated rings. The molecule has 0 amide bonds. The number of methoxy groups -OCH3 is 2. The Morgan fingerprint density at radius 3 is 2.54 bits per heavy atom. The maximum Gasteiger partial charge on any atom is 0.336 e. The summed E-state index contributed by atoms with van der Waals surface area (Å²) in [6, 6.07) is 4.74. The highest BCUT2D eigenvalue weighted by atomic mass is 16.5. The molecule has 0 aliphatic heterocycles. The number of fused-ring (bicyclic) bond motifs is 1. The fraction of sp³-hybridized carbons (Fsp3) is 0.500. The van der Waals surface area contributed by atoms with Crippen LogP contribution in [0.5, 0.6) is 11.5 Å². The SMILES string of the molecule is CCOC(C)(C)[C@@H](O)Cc1c(OC)c(OC)cc2ccc(=O)oc12. The maximum absolute atomic E-state index is 11.6. The van der Waals surface area contributed by atoms with Crippen LogP contribution in [0.2, 0.25) is 0 Å². The number of hydrogen-bond donors (Lipinski definition) is 1. The van der Waals surface area contributed by atoms with Gasteiger partial charge in [-0.1, -0.05) is 0 Å². The lowest BCUT2D eigenvalue weighted by atomic mass is 9.93. The van der Waals surface area contributed by atoms with E-state index in [-0.39, 0.29) is 6.42 Å². The Labute approximate surface area is 140 Å². The largest absolute Gasteiger partial charge is 0.493 e. The van der Waals surface area contributed by atoms with Gasteiger partial charge < -0.3 is 23.7 Å². The lowest BCUT2D eigenvalue weighted by molar-refractivity contribution is -0.0955. The summed E-state index contributed by atoms with van der Waals surface area (Å²) in [6.45, 7) is 5.97. The molecule has 132 valence electrons. The molecule has 1 aromatic carbocycles. The number of aliphatic hydroxyl groups is 1. The molecule has 0 saturated carbocycles. The Bertz CT molecular complexity index is 762. The second kappa shape index (κ2) is 7.23. The quantitative estimate of drug-likeness (QED) is 0.783. The van der Waals surface area contributed by atoms with Crippen molar-refractivity contribution in [1.29, 1.82) is 0 Å². The Morgan fingerprint density at radius 2 is 1.96 bits per heavy atom. The van der Waals surface area contributed by atoms with E-state index in [1.54, 1.807) is 12.1 Å². The Hall–Kier alpha value is -2.05. The monoisotopic (exact) mass is 336 g/mol. The molecule has 6 nitrogen and oxygen atoms in total. The first-order valence-corrected chi connectivity index (χ1v) is 7.83. The van der Waals surface area contributed by atoms with Crippen molar-refractivity contribution in [2.45, 2.75) is 38.9 Å². The topological polar surface area (TPSA) is 78.1 Å². The third-order valence-electron chi connectivity index (χ3n) is 4.06. The second-order valence-electron chi connectivity index (χ2n) is 6.02. The van der Waals surface area contributed by atoms with Gasteiger partial charge >= 0.3 is 5.63 Å². The fourth-order valence-corrected chi connectivity index (χ4v) is 2.70.